The van der Waals surface area contributed by atoms with Gasteiger partial charge in [-0.3, -0.25) is 4.57 Å². The zero-order valence-corrected chi connectivity index (χ0v) is 26.9. The summed E-state index contributed by atoms with van der Waals surface area (Å²) in [5, 5.41) is 2.39. The third kappa shape index (κ3) is 5.30. The van der Waals surface area contributed by atoms with Crippen molar-refractivity contribution in [1.29, 1.82) is 0 Å². The van der Waals surface area contributed by atoms with Gasteiger partial charge >= 0.3 is 0 Å². The molecule has 49 heavy (non-hydrogen) atoms. The quantitative estimate of drug-likeness (QED) is 0.180. The topological polar surface area (TPSA) is 17.8 Å². The number of hydrogen-bond donors (Lipinski definition) is 0. The first-order valence-electron chi connectivity index (χ1n) is 16.7. The van der Waals surface area contributed by atoms with Crippen LogP contribution in [0.1, 0.15) is 0 Å². The normalized spacial score (nSPS) is 11.3. The lowest BCUT2D eigenvalue weighted by Crippen LogP contribution is -2.01. The summed E-state index contributed by atoms with van der Waals surface area (Å²) in [4.78, 5) is 5.43. The Hall–Kier alpha value is -6.51. The molecule has 230 valence electrons. The molecule has 7 aromatic carbocycles. The van der Waals surface area contributed by atoms with Crippen molar-refractivity contribution in [2.24, 2.45) is 0 Å². The third-order valence-corrected chi connectivity index (χ3v) is 9.38. The van der Waals surface area contributed by atoms with Gasteiger partial charge in [0.05, 0.1) is 16.7 Å². The van der Waals surface area contributed by atoms with Crippen LogP contribution < -0.4 is 0 Å². The Labute approximate surface area is 286 Å². The highest BCUT2D eigenvalue weighted by molar-refractivity contribution is 6.16. The smallest absolute Gasteiger partial charge is 0.138 e. The largest absolute Gasteiger partial charge is 0.293 e. The summed E-state index contributed by atoms with van der Waals surface area (Å²) in [5.41, 5.74) is 13.7. The molecule has 2 heteroatoms. The first-order valence-corrected chi connectivity index (χ1v) is 16.7. The van der Waals surface area contributed by atoms with E-state index in [0.717, 1.165) is 39.2 Å². The highest BCUT2D eigenvalue weighted by atomic mass is 15.1. The number of rotatable bonds is 6. The van der Waals surface area contributed by atoms with Gasteiger partial charge in [-0.2, -0.15) is 0 Å². The van der Waals surface area contributed by atoms with E-state index >= 15 is 0 Å². The molecule has 9 aromatic rings. The zero-order valence-electron chi connectivity index (χ0n) is 26.9. The summed E-state index contributed by atoms with van der Waals surface area (Å²) in [6, 6.07) is 69.2. The minimum Gasteiger partial charge on any atom is -0.293 e. The second-order valence-corrected chi connectivity index (χ2v) is 12.4. The van der Waals surface area contributed by atoms with Crippen molar-refractivity contribution in [2.75, 3.05) is 0 Å². The highest BCUT2D eigenvalue weighted by Gasteiger charge is 2.21. The molecule has 0 saturated heterocycles. The van der Waals surface area contributed by atoms with Crippen molar-refractivity contribution < 1.29 is 0 Å². The van der Waals surface area contributed by atoms with Crippen LogP contribution in [-0.4, -0.2) is 9.55 Å². The van der Waals surface area contributed by atoms with Crippen LogP contribution >= 0.6 is 0 Å². The van der Waals surface area contributed by atoms with Gasteiger partial charge < -0.3 is 0 Å². The number of pyridine rings is 1. The summed E-state index contributed by atoms with van der Waals surface area (Å²) in [5.74, 6) is 0.886. The summed E-state index contributed by atoms with van der Waals surface area (Å²) in [6.07, 6.45) is 0. The fourth-order valence-electron chi connectivity index (χ4n) is 7.02. The third-order valence-electron chi connectivity index (χ3n) is 9.38. The number of aromatic nitrogens is 2. The van der Waals surface area contributed by atoms with Crippen LogP contribution in [0.15, 0.2) is 194 Å². The van der Waals surface area contributed by atoms with Crippen LogP contribution in [0.3, 0.4) is 0 Å². The Morgan fingerprint density at radius 2 is 0.796 bits per heavy atom. The maximum Gasteiger partial charge on any atom is 0.138 e. The maximum atomic E-state index is 5.43. The van der Waals surface area contributed by atoms with Crippen LogP contribution in [0.5, 0.6) is 0 Å². The molecule has 0 radical (unpaired) electrons. The molecule has 2 heterocycles. The van der Waals surface area contributed by atoms with Crippen molar-refractivity contribution in [3.05, 3.63) is 194 Å². The molecule has 0 atom stereocenters. The molecule has 2 aromatic heterocycles. The molecule has 0 amide bonds. The Bertz CT molecular complexity index is 2500. The van der Waals surface area contributed by atoms with E-state index < -0.39 is 0 Å². The van der Waals surface area contributed by atoms with Crippen molar-refractivity contribution in [1.82, 2.24) is 9.55 Å². The standard InChI is InChI=1S/C47H32N2/c1-6-16-33(17-7-1)38-26-27-45-42(28-38)43-30-39(34-18-8-2-9-19-34)29-41(36-22-12-4-13-23-36)47(43)49(45)46-32-40(35-20-10-3-11-21-35)31-44(48-46)37-24-14-5-15-25-37/h1-32H. The Balaban J connectivity index is 1.42. The molecule has 2 nitrogen and oxygen atoms in total. The fourth-order valence-corrected chi connectivity index (χ4v) is 7.02. The van der Waals surface area contributed by atoms with Crippen molar-refractivity contribution in [3.8, 4) is 61.6 Å². The van der Waals surface area contributed by atoms with E-state index in [1.807, 2.05) is 0 Å². The second kappa shape index (κ2) is 12.3. The van der Waals surface area contributed by atoms with Gasteiger partial charge in [0.2, 0.25) is 0 Å². The molecule has 0 spiro atoms. The second-order valence-electron chi connectivity index (χ2n) is 12.4. The van der Waals surface area contributed by atoms with Gasteiger partial charge in [0.1, 0.15) is 5.82 Å². The van der Waals surface area contributed by atoms with E-state index in [-0.39, 0.29) is 0 Å². The van der Waals surface area contributed by atoms with Crippen molar-refractivity contribution >= 4 is 21.8 Å². The van der Waals surface area contributed by atoms with E-state index in [1.165, 1.54) is 44.2 Å². The minimum absolute atomic E-state index is 0.886. The van der Waals surface area contributed by atoms with Crippen LogP contribution in [-0.2, 0) is 0 Å². The lowest BCUT2D eigenvalue weighted by atomic mass is 9.95. The Kier molecular flexibility index (Phi) is 7.18. The van der Waals surface area contributed by atoms with Gasteiger partial charge in [-0.1, -0.05) is 158 Å². The maximum absolute atomic E-state index is 5.43. The van der Waals surface area contributed by atoms with Crippen LogP contribution in [0, 0.1) is 0 Å². The molecule has 0 fully saturated rings. The highest BCUT2D eigenvalue weighted by Crippen LogP contribution is 2.43. The minimum atomic E-state index is 0.886. The molecule has 0 bridgehead atoms. The molecular formula is C47H32N2. The average molecular weight is 625 g/mol. The lowest BCUT2D eigenvalue weighted by Gasteiger charge is -2.15. The summed E-state index contributed by atoms with van der Waals surface area (Å²) < 4.78 is 2.38. The van der Waals surface area contributed by atoms with E-state index in [2.05, 4.69) is 199 Å². The fraction of sp³-hybridized carbons (Fsp3) is 0. The van der Waals surface area contributed by atoms with Crippen LogP contribution in [0.4, 0.5) is 0 Å². The predicted octanol–water partition coefficient (Wildman–Crippen LogP) is 12.5. The molecule has 9 rings (SSSR count). The first kappa shape index (κ1) is 28.7. The van der Waals surface area contributed by atoms with Gasteiger partial charge in [-0.15, -0.1) is 0 Å². The number of hydrogen-bond acceptors (Lipinski definition) is 1. The molecule has 0 aliphatic carbocycles. The molecule has 0 saturated carbocycles. The summed E-state index contributed by atoms with van der Waals surface area (Å²) in [6.45, 7) is 0. The van der Waals surface area contributed by atoms with Gasteiger partial charge in [0, 0.05) is 21.9 Å². The van der Waals surface area contributed by atoms with E-state index in [0.29, 0.717) is 0 Å². The first-order chi connectivity index (χ1) is 24.3. The van der Waals surface area contributed by atoms with Gasteiger partial charge in [-0.05, 0) is 75.3 Å². The Morgan fingerprint density at radius 1 is 0.327 bits per heavy atom. The molecule has 0 unspecified atom stereocenters. The van der Waals surface area contributed by atoms with Crippen LogP contribution in [0.25, 0.3) is 83.4 Å². The molecule has 0 aliphatic heterocycles. The van der Waals surface area contributed by atoms with E-state index in [4.69, 9.17) is 4.98 Å². The van der Waals surface area contributed by atoms with E-state index in [9.17, 15) is 0 Å². The zero-order chi connectivity index (χ0) is 32.6. The van der Waals surface area contributed by atoms with Crippen molar-refractivity contribution in [3.63, 3.8) is 0 Å². The van der Waals surface area contributed by atoms with Crippen molar-refractivity contribution in [2.45, 2.75) is 0 Å². The monoisotopic (exact) mass is 624 g/mol. The summed E-state index contributed by atoms with van der Waals surface area (Å²) >= 11 is 0. The molecule has 0 aliphatic rings. The number of nitrogens with zero attached hydrogens (tertiary/aromatic N) is 2. The number of benzene rings is 7. The Morgan fingerprint density at radius 3 is 1.37 bits per heavy atom. The predicted molar refractivity (Wildman–Crippen MR) is 206 cm³/mol. The molecular weight excluding hydrogens is 593 g/mol. The van der Waals surface area contributed by atoms with Gasteiger partial charge in [0.25, 0.3) is 0 Å². The SMILES string of the molecule is c1ccc(-c2cc(-c3ccccc3)nc(-n3c4ccc(-c5ccccc5)cc4c4cc(-c5ccccc5)cc(-c5ccccc5)c43)c2)cc1. The van der Waals surface area contributed by atoms with E-state index in [1.54, 1.807) is 0 Å². The molecule has 0 N–H and O–H groups in total. The lowest BCUT2D eigenvalue weighted by molar-refractivity contribution is 1.08. The number of fused-ring (bicyclic) bond motifs is 3. The van der Waals surface area contributed by atoms with Gasteiger partial charge in [0.15, 0.2) is 0 Å². The summed E-state index contributed by atoms with van der Waals surface area (Å²) in [7, 11) is 0. The van der Waals surface area contributed by atoms with Gasteiger partial charge in [-0.25, -0.2) is 4.98 Å². The van der Waals surface area contributed by atoms with Crippen LogP contribution in [0.2, 0.25) is 0 Å². The average Bonchev–Trinajstić information content (AvgIpc) is 3.53.